The first-order valence-corrected chi connectivity index (χ1v) is 5.05. The largest absolute Gasteiger partial charge is 0.276 e. The van der Waals surface area contributed by atoms with E-state index in [1.54, 1.807) is 0 Å². The van der Waals surface area contributed by atoms with Gasteiger partial charge >= 0.3 is 0 Å². The van der Waals surface area contributed by atoms with Crippen molar-refractivity contribution < 1.29 is 4.79 Å². The molecule has 0 saturated carbocycles. The van der Waals surface area contributed by atoms with Crippen molar-refractivity contribution in [2.45, 2.75) is 0 Å². The Morgan fingerprint density at radius 3 is 1.50 bits per heavy atom. The molecular formula is C7HCl5NO. The minimum Gasteiger partial charge on any atom is -0.276 e. The quantitative estimate of drug-likeness (QED) is 0.453. The van der Waals surface area contributed by atoms with Crippen LogP contribution in [0.15, 0.2) is 0 Å². The van der Waals surface area contributed by atoms with Crippen molar-refractivity contribution in [2.75, 3.05) is 0 Å². The fourth-order valence-corrected chi connectivity index (χ4v) is 1.99. The predicted molar refractivity (Wildman–Crippen MR) is 59.4 cm³/mol. The van der Waals surface area contributed by atoms with Gasteiger partial charge in [-0.15, -0.1) is 0 Å². The highest BCUT2D eigenvalue weighted by molar-refractivity contribution is 6.56. The summed E-state index contributed by atoms with van der Waals surface area (Å²) in [6, 6.07) is 0. The molecule has 1 aromatic carbocycles. The van der Waals surface area contributed by atoms with Crippen LogP contribution in [0, 0.1) is 0 Å². The number of carbonyl (C=O) groups excluding carboxylic acids is 1. The van der Waals surface area contributed by atoms with E-state index in [1.165, 1.54) is 0 Å². The van der Waals surface area contributed by atoms with Gasteiger partial charge in [0.2, 0.25) is 6.41 Å². The fourth-order valence-electron chi connectivity index (χ4n) is 0.759. The number of rotatable bonds is 2. The van der Waals surface area contributed by atoms with Crippen LogP contribution in [0.1, 0.15) is 0 Å². The molecule has 0 aromatic heterocycles. The van der Waals surface area contributed by atoms with Gasteiger partial charge in [-0.25, -0.2) is 5.32 Å². The smallest absolute Gasteiger partial charge is 0.233 e. The van der Waals surface area contributed by atoms with E-state index in [1.807, 2.05) is 0 Å². The zero-order valence-electron chi connectivity index (χ0n) is 6.32. The first-order chi connectivity index (χ1) is 6.50. The van der Waals surface area contributed by atoms with E-state index in [0.717, 1.165) is 0 Å². The van der Waals surface area contributed by atoms with E-state index in [4.69, 9.17) is 58.0 Å². The van der Waals surface area contributed by atoms with Crippen LogP contribution in [-0.2, 0) is 4.79 Å². The van der Waals surface area contributed by atoms with Gasteiger partial charge < -0.3 is 0 Å². The van der Waals surface area contributed by atoms with Gasteiger partial charge in [-0.1, -0.05) is 58.0 Å². The maximum atomic E-state index is 10.2. The van der Waals surface area contributed by atoms with Gasteiger partial charge in [-0.3, -0.25) is 4.79 Å². The molecule has 0 fully saturated rings. The second-order valence-corrected chi connectivity index (χ2v) is 4.04. The molecule has 0 unspecified atom stereocenters. The van der Waals surface area contributed by atoms with Crippen LogP contribution in [0.5, 0.6) is 0 Å². The number of benzene rings is 1. The van der Waals surface area contributed by atoms with Gasteiger partial charge in [0.05, 0.1) is 25.1 Å². The Kier molecular flexibility index (Phi) is 4.16. The van der Waals surface area contributed by atoms with Gasteiger partial charge in [-0.05, 0) is 0 Å². The Bertz CT molecular complexity index is 363. The standard InChI is InChI=1S/C7HCl5NO/c8-2-3(9)5(11)7(13-1-14)6(12)4(2)10/h1H. The van der Waals surface area contributed by atoms with Crippen molar-refractivity contribution in [1.29, 1.82) is 0 Å². The minimum absolute atomic E-state index is 0.00170. The Morgan fingerprint density at radius 2 is 1.14 bits per heavy atom. The van der Waals surface area contributed by atoms with Crippen molar-refractivity contribution in [2.24, 2.45) is 0 Å². The van der Waals surface area contributed by atoms with E-state index < -0.39 is 0 Å². The maximum Gasteiger partial charge on any atom is 0.233 e. The summed E-state index contributed by atoms with van der Waals surface area (Å²) in [5.41, 5.74) is 0.0164. The monoisotopic (exact) mass is 290 g/mol. The molecular weight excluding hydrogens is 291 g/mol. The number of nitrogens with zero attached hydrogens (tertiary/aromatic N) is 1. The number of halogens is 5. The van der Waals surface area contributed by atoms with Crippen molar-refractivity contribution in [1.82, 2.24) is 5.32 Å². The second-order valence-electron chi connectivity index (χ2n) is 2.15. The van der Waals surface area contributed by atoms with E-state index in [0.29, 0.717) is 0 Å². The molecule has 0 aliphatic carbocycles. The van der Waals surface area contributed by atoms with Gasteiger partial charge in [-0.2, -0.15) is 0 Å². The van der Waals surface area contributed by atoms with Crippen LogP contribution in [0.4, 0.5) is 5.69 Å². The summed E-state index contributed by atoms with van der Waals surface area (Å²) >= 11 is 28.6. The Hall–Kier alpha value is 0.140. The first kappa shape index (κ1) is 12.2. The molecule has 0 saturated heterocycles. The Morgan fingerprint density at radius 1 is 0.786 bits per heavy atom. The Balaban J connectivity index is 3.50. The maximum absolute atomic E-state index is 10.2. The lowest BCUT2D eigenvalue weighted by Gasteiger charge is -2.08. The van der Waals surface area contributed by atoms with E-state index in [-0.39, 0.29) is 37.2 Å². The average molecular weight is 292 g/mol. The van der Waals surface area contributed by atoms with Crippen LogP contribution in [0.3, 0.4) is 0 Å². The molecule has 0 N–H and O–H groups in total. The van der Waals surface area contributed by atoms with Crippen molar-refractivity contribution >= 4 is 70.1 Å². The molecule has 0 heterocycles. The zero-order valence-corrected chi connectivity index (χ0v) is 10.1. The normalized spacial score (nSPS) is 10.1. The van der Waals surface area contributed by atoms with Gasteiger partial charge in [0.15, 0.2) is 0 Å². The summed E-state index contributed by atoms with van der Waals surface area (Å²) in [5.74, 6) is 0. The number of amides is 1. The molecule has 1 radical (unpaired) electrons. The lowest BCUT2D eigenvalue weighted by Crippen LogP contribution is -1.95. The molecule has 0 bridgehead atoms. The lowest BCUT2D eigenvalue weighted by atomic mass is 10.3. The first-order valence-electron chi connectivity index (χ1n) is 3.16. The number of hydrogen-bond acceptors (Lipinski definition) is 1. The van der Waals surface area contributed by atoms with Gasteiger partial charge in [0.1, 0.15) is 5.69 Å². The molecule has 2 nitrogen and oxygen atoms in total. The van der Waals surface area contributed by atoms with Crippen LogP contribution >= 0.6 is 58.0 Å². The van der Waals surface area contributed by atoms with Crippen LogP contribution in [0.25, 0.3) is 0 Å². The number of hydrogen-bond donors (Lipinski definition) is 0. The summed E-state index contributed by atoms with van der Waals surface area (Å²) < 4.78 is 0. The summed E-state index contributed by atoms with van der Waals surface area (Å²) in [6.07, 6.45) is 0.285. The van der Waals surface area contributed by atoms with E-state index in [2.05, 4.69) is 5.32 Å². The lowest BCUT2D eigenvalue weighted by molar-refractivity contribution is -0.108. The third-order valence-electron chi connectivity index (χ3n) is 1.37. The molecule has 0 spiro atoms. The van der Waals surface area contributed by atoms with Crippen molar-refractivity contribution in [3.05, 3.63) is 25.1 Å². The van der Waals surface area contributed by atoms with E-state index in [9.17, 15) is 4.79 Å². The highest BCUT2D eigenvalue weighted by Crippen LogP contribution is 2.46. The molecule has 0 aliphatic heterocycles. The Labute approximate surface area is 105 Å². The molecule has 1 rings (SSSR count). The molecule has 0 atom stereocenters. The summed E-state index contributed by atoms with van der Waals surface area (Å²) in [7, 11) is 0. The molecule has 1 aromatic rings. The van der Waals surface area contributed by atoms with Crippen LogP contribution < -0.4 is 5.32 Å². The summed E-state index contributed by atoms with van der Waals surface area (Å²) in [5, 5.41) is 3.46. The highest BCUT2D eigenvalue weighted by atomic mass is 35.5. The SMILES string of the molecule is O=C[N]c1c(Cl)c(Cl)c(Cl)c(Cl)c1Cl. The fraction of sp³-hybridized carbons (Fsp3) is 0. The summed E-state index contributed by atoms with van der Waals surface area (Å²) in [4.78, 5) is 10.2. The van der Waals surface area contributed by atoms with Crippen molar-refractivity contribution in [3.63, 3.8) is 0 Å². The third kappa shape index (κ3) is 2.05. The summed E-state index contributed by atoms with van der Waals surface area (Å²) in [6.45, 7) is 0. The van der Waals surface area contributed by atoms with Crippen molar-refractivity contribution in [3.8, 4) is 0 Å². The van der Waals surface area contributed by atoms with Crippen LogP contribution in [-0.4, -0.2) is 6.41 Å². The van der Waals surface area contributed by atoms with Gasteiger partial charge in [0, 0.05) is 0 Å². The number of carbonyl (C=O) groups is 1. The van der Waals surface area contributed by atoms with Gasteiger partial charge in [0.25, 0.3) is 0 Å². The molecule has 14 heavy (non-hydrogen) atoms. The minimum atomic E-state index is -0.00170. The third-order valence-corrected chi connectivity index (χ3v) is 3.63. The van der Waals surface area contributed by atoms with Crippen LogP contribution in [0.2, 0.25) is 25.1 Å². The molecule has 1 amide bonds. The molecule has 75 valence electrons. The second kappa shape index (κ2) is 4.77. The average Bonchev–Trinajstić information content (AvgIpc) is 2.19. The zero-order chi connectivity index (χ0) is 10.9. The molecule has 7 heteroatoms. The van der Waals surface area contributed by atoms with E-state index >= 15 is 0 Å². The topological polar surface area (TPSA) is 31.2 Å². The molecule has 0 aliphatic rings. The predicted octanol–water partition coefficient (Wildman–Crippen LogP) is 4.35. The highest BCUT2D eigenvalue weighted by Gasteiger charge is 2.19.